The minimum Gasteiger partial charge on any atom is -0.330 e. The Morgan fingerprint density at radius 3 is 2.44 bits per heavy atom. The summed E-state index contributed by atoms with van der Waals surface area (Å²) < 4.78 is 37.8. The first kappa shape index (κ1) is 15.0. The molecule has 6 heteroatoms. The molecule has 0 fully saturated rings. The zero-order chi connectivity index (χ0) is 13.9. The molecule has 0 aliphatic heterocycles. The molecule has 0 atom stereocenters. The minimum atomic E-state index is -4.38. The predicted molar refractivity (Wildman–Crippen MR) is 66.5 cm³/mol. The van der Waals surface area contributed by atoms with Crippen LogP contribution in [0.2, 0.25) is 0 Å². The highest BCUT2D eigenvalue weighted by atomic mass is 79.9. The van der Waals surface area contributed by atoms with E-state index in [-0.39, 0.29) is 6.54 Å². The largest absolute Gasteiger partial charge is 0.406 e. The third-order valence-electron chi connectivity index (χ3n) is 2.46. The second kappa shape index (κ2) is 5.73. The zero-order valence-corrected chi connectivity index (χ0v) is 11.6. The lowest BCUT2D eigenvalue weighted by Gasteiger charge is -2.23. The zero-order valence-electron chi connectivity index (χ0n) is 10.0. The number of alkyl halides is 3. The van der Waals surface area contributed by atoms with Crippen LogP contribution in [0.3, 0.4) is 0 Å². The van der Waals surface area contributed by atoms with Gasteiger partial charge in [-0.3, -0.25) is 4.79 Å². The van der Waals surface area contributed by atoms with Gasteiger partial charge in [0.25, 0.3) is 5.91 Å². The third-order valence-corrected chi connectivity index (χ3v) is 2.95. The number of amides is 1. The predicted octanol–water partition coefficient (Wildman–Crippen LogP) is 3.78. The molecule has 0 radical (unpaired) electrons. The molecule has 0 aliphatic rings. The molecule has 0 spiro atoms. The number of carbonyl (C=O) groups is 1. The van der Waals surface area contributed by atoms with Crippen LogP contribution in [0.4, 0.5) is 13.2 Å². The standard InChI is InChI=1S/C12H13BrF3NO/c1-3-17(7-12(14,15)16)11(18)10-5-4-9(13)6-8(10)2/h4-6H,3,7H2,1-2H3. The van der Waals surface area contributed by atoms with Crippen molar-refractivity contribution in [3.8, 4) is 0 Å². The number of benzene rings is 1. The van der Waals surface area contributed by atoms with Crippen LogP contribution in [0, 0.1) is 6.92 Å². The number of halogens is 4. The van der Waals surface area contributed by atoms with Gasteiger partial charge in [-0.1, -0.05) is 15.9 Å². The lowest BCUT2D eigenvalue weighted by atomic mass is 10.1. The van der Waals surface area contributed by atoms with Crippen molar-refractivity contribution in [2.45, 2.75) is 20.0 Å². The molecule has 0 heterocycles. The van der Waals surface area contributed by atoms with E-state index in [4.69, 9.17) is 0 Å². The summed E-state index contributed by atoms with van der Waals surface area (Å²) in [7, 11) is 0. The molecular weight excluding hydrogens is 311 g/mol. The van der Waals surface area contributed by atoms with Gasteiger partial charge < -0.3 is 4.90 Å². The van der Waals surface area contributed by atoms with Gasteiger partial charge in [0, 0.05) is 16.6 Å². The van der Waals surface area contributed by atoms with E-state index in [1.807, 2.05) is 0 Å². The van der Waals surface area contributed by atoms with Gasteiger partial charge in [0.1, 0.15) is 6.54 Å². The summed E-state index contributed by atoms with van der Waals surface area (Å²) in [5.74, 6) is -0.597. The fourth-order valence-corrected chi connectivity index (χ4v) is 2.06. The summed E-state index contributed by atoms with van der Waals surface area (Å²) in [6.45, 7) is 2.02. The van der Waals surface area contributed by atoms with Gasteiger partial charge in [-0.15, -0.1) is 0 Å². The molecule has 1 aromatic rings. The quantitative estimate of drug-likeness (QED) is 0.829. The SMILES string of the molecule is CCN(CC(F)(F)F)C(=O)c1ccc(Br)cc1C. The molecule has 0 N–H and O–H groups in total. The van der Waals surface area contributed by atoms with Crippen molar-refractivity contribution in [3.63, 3.8) is 0 Å². The fraction of sp³-hybridized carbons (Fsp3) is 0.417. The van der Waals surface area contributed by atoms with Crippen LogP contribution in [-0.2, 0) is 0 Å². The fourth-order valence-electron chi connectivity index (χ4n) is 1.58. The van der Waals surface area contributed by atoms with Crippen LogP contribution in [0.25, 0.3) is 0 Å². The van der Waals surface area contributed by atoms with Gasteiger partial charge in [-0.25, -0.2) is 0 Å². The van der Waals surface area contributed by atoms with Gasteiger partial charge in [-0.2, -0.15) is 13.2 Å². The van der Waals surface area contributed by atoms with Crippen LogP contribution in [0.5, 0.6) is 0 Å². The lowest BCUT2D eigenvalue weighted by molar-refractivity contribution is -0.140. The van der Waals surface area contributed by atoms with Crippen LogP contribution in [0.15, 0.2) is 22.7 Å². The highest BCUT2D eigenvalue weighted by Crippen LogP contribution is 2.21. The van der Waals surface area contributed by atoms with Gasteiger partial charge in [0.15, 0.2) is 0 Å². The molecule has 1 rings (SSSR count). The van der Waals surface area contributed by atoms with E-state index in [1.165, 1.54) is 13.0 Å². The van der Waals surface area contributed by atoms with E-state index in [0.717, 1.165) is 9.37 Å². The number of hydrogen-bond donors (Lipinski definition) is 0. The van der Waals surface area contributed by atoms with Crippen molar-refractivity contribution in [1.82, 2.24) is 4.90 Å². The molecule has 0 bridgehead atoms. The first-order chi connectivity index (χ1) is 8.24. The van der Waals surface area contributed by atoms with Crippen LogP contribution >= 0.6 is 15.9 Å². The Kier molecular flexibility index (Phi) is 4.78. The number of nitrogens with zero attached hydrogens (tertiary/aromatic N) is 1. The summed E-state index contributed by atoms with van der Waals surface area (Å²) >= 11 is 3.24. The normalized spacial score (nSPS) is 11.4. The smallest absolute Gasteiger partial charge is 0.330 e. The van der Waals surface area contributed by atoms with Crippen molar-refractivity contribution in [3.05, 3.63) is 33.8 Å². The van der Waals surface area contributed by atoms with E-state index < -0.39 is 18.6 Å². The maximum Gasteiger partial charge on any atom is 0.406 e. The van der Waals surface area contributed by atoms with Crippen molar-refractivity contribution >= 4 is 21.8 Å². The van der Waals surface area contributed by atoms with Gasteiger partial charge in [-0.05, 0) is 37.6 Å². The third kappa shape index (κ3) is 4.01. The Morgan fingerprint density at radius 1 is 1.39 bits per heavy atom. The Labute approximate surface area is 112 Å². The maximum absolute atomic E-state index is 12.3. The van der Waals surface area contributed by atoms with E-state index in [9.17, 15) is 18.0 Å². The number of aryl methyl sites for hydroxylation is 1. The molecule has 0 saturated carbocycles. The second-order valence-corrected chi connectivity index (χ2v) is 4.81. The highest BCUT2D eigenvalue weighted by Gasteiger charge is 2.32. The Bertz CT molecular complexity index is 445. The molecule has 0 unspecified atom stereocenters. The maximum atomic E-state index is 12.3. The molecule has 0 aromatic heterocycles. The average molecular weight is 324 g/mol. The average Bonchev–Trinajstić information content (AvgIpc) is 2.24. The van der Waals surface area contributed by atoms with Crippen molar-refractivity contribution < 1.29 is 18.0 Å². The molecule has 1 amide bonds. The minimum absolute atomic E-state index is 0.0217. The van der Waals surface area contributed by atoms with Crippen molar-refractivity contribution in [2.75, 3.05) is 13.1 Å². The Balaban J connectivity index is 2.97. The van der Waals surface area contributed by atoms with E-state index in [2.05, 4.69) is 15.9 Å². The van der Waals surface area contributed by atoms with Crippen molar-refractivity contribution in [1.29, 1.82) is 0 Å². The molecular formula is C12H13BrF3NO. The number of rotatable bonds is 3. The summed E-state index contributed by atoms with van der Waals surface area (Å²) in [4.78, 5) is 12.8. The summed E-state index contributed by atoms with van der Waals surface area (Å²) in [5, 5.41) is 0. The van der Waals surface area contributed by atoms with Gasteiger partial charge in [0.2, 0.25) is 0 Å². The number of carbonyl (C=O) groups excluding carboxylic acids is 1. The van der Waals surface area contributed by atoms with Gasteiger partial charge in [0.05, 0.1) is 0 Å². The molecule has 0 aliphatic carbocycles. The molecule has 100 valence electrons. The van der Waals surface area contributed by atoms with Crippen molar-refractivity contribution in [2.24, 2.45) is 0 Å². The first-order valence-electron chi connectivity index (χ1n) is 5.36. The summed E-state index contributed by atoms with van der Waals surface area (Å²) in [6.07, 6.45) is -4.38. The first-order valence-corrected chi connectivity index (χ1v) is 6.16. The lowest BCUT2D eigenvalue weighted by Crippen LogP contribution is -2.39. The van der Waals surface area contributed by atoms with E-state index in [0.29, 0.717) is 11.1 Å². The molecule has 2 nitrogen and oxygen atoms in total. The van der Waals surface area contributed by atoms with E-state index >= 15 is 0 Å². The van der Waals surface area contributed by atoms with E-state index in [1.54, 1.807) is 19.1 Å². The summed E-state index contributed by atoms with van der Waals surface area (Å²) in [5.41, 5.74) is 0.944. The molecule has 18 heavy (non-hydrogen) atoms. The topological polar surface area (TPSA) is 20.3 Å². The summed E-state index contributed by atoms with van der Waals surface area (Å²) in [6, 6.07) is 4.87. The monoisotopic (exact) mass is 323 g/mol. The van der Waals surface area contributed by atoms with Crippen LogP contribution < -0.4 is 0 Å². The van der Waals surface area contributed by atoms with Crippen LogP contribution in [-0.4, -0.2) is 30.1 Å². The second-order valence-electron chi connectivity index (χ2n) is 3.89. The number of hydrogen-bond acceptors (Lipinski definition) is 1. The molecule has 1 aromatic carbocycles. The Hall–Kier alpha value is -1.04. The van der Waals surface area contributed by atoms with Crippen LogP contribution in [0.1, 0.15) is 22.8 Å². The molecule has 0 saturated heterocycles. The van der Waals surface area contributed by atoms with Gasteiger partial charge >= 0.3 is 6.18 Å². The Morgan fingerprint density at radius 2 is 2.00 bits per heavy atom. The highest BCUT2D eigenvalue weighted by molar-refractivity contribution is 9.10.